The van der Waals surface area contributed by atoms with Crippen LogP contribution < -0.4 is 5.73 Å². The van der Waals surface area contributed by atoms with Crippen LogP contribution in [0.5, 0.6) is 0 Å². The Kier molecular flexibility index (Phi) is 6.42. The molecule has 1 aromatic rings. The van der Waals surface area contributed by atoms with Gasteiger partial charge in [0.15, 0.2) is 0 Å². The molecule has 1 fully saturated rings. The Morgan fingerprint density at radius 2 is 2.10 bits per heavy atom. The molecule has 0 atom stereocenters. The molecular weight excluding hydrogens is 323 g/mol. The average molecular weight is 345 g/mol. The predicted octanol–water partition coefficient (Wildman–Crippen LogP) is 2.92. The molecule has 1 aromatic carbocycles. The zero-order valence-electron chi connectivity index (χ0n) is 11.7. The van der Waals surface area contributed by atoms with Gasteiger partial charge in [-0.25, -0.2) is 4.39 Å². The summed E-state index contributed by atoms with van der Waals surface area (Å²) in [5.74, 6) is -0.201. The van der Waals surface area contributed by atoms with Gasteiger partial charge in [0.25, 0.3) is 0 Å². The van der Waals surface area contributed by atoms with E-state index in [1.54, 1.807) is 0 Å². The maximum Gasteiger partial charge on any atom is 0.124 e. The number of ether oxygens (including phenoxy) is 1. The molecule has 3 nitrogen and oxygen atoms in total. The number of halogens is 2. The van der Waals surface area contributed by atoms with Gasteiger partial charge in [-0.15, -0.1) is 0 Å². The summed E-state index contributed by atoms with van der Waals surface area (Å²) in [5, 5.41) is 0. The van der Waals surface area contributed by atoms with E-state index in [0.717, 1.165) is 55.5 Å². The molecule has 0 unspecified atom stereocenters. The van der Waals surface area contributed by atoms with E-state index in [1.165, 1.54) is 12.1 Å². The fraction of sp³-hybridized carbons (Fsp3) is 0.600. The van der Waals surface area contributed by atoms with E-state index >= 15 is 0 Å². The number of hydrogen-bond donors (Lipinski definition) is 1. The molecule has 0 amide bonds. The molecule has 0 saturated carbocycles. The Hall–Kier alpha value is -0.490. The quantitative estimate of drug-likeness (QED) is 0.806. The summed E-state index contributed by atoms with van der Waals surface area (Å²) in [6.07, 6.45) is 3.42. The zero-order valence-corrected chi connectivity index (χ0v) is 13.2. The van der Waals surface area contributed by atoms with E-state index < -0.39 is 0 Å². The second kappa shape index (κ2) is 8.08. The summed E-state index contributed by atoms with van der Waals surface area (Å²) < 4.78 is 19.7. The predicted molar refractivity (Wildman–Crippen MR) is 82.0 cm³/mol. The highest BCUT2D eigenvalue weighted by Gasteiger charge is 2.20. The van der Waals surface area contributed by atoms with Crippen molar-refractivity contribution in [1.29, 1.82) is 0 Å². The molecule has 0 bridgehead atoms. The molecule has 0 radical (unpaired) electrons. The highest BCUT2D eigenvalue weighted by molar-refractivity contribution is 9.10. The van der Waals surface area contributed by atoms with E-state index in [2.05, 4.69) is 20.8 Å². The van der Waals surface area contributed by atoms with Crippen LogP contribution in [0.3, 0.4) is 0 Å². The third-order valence-corrected chi connectivity index (χ3v) is 4.38. The lowest BCUT2D eigenvalue weighted by molar-refractivity contribution is 0.00559. The molecule has 112 valence electrons. The van der Waals surface area contributed by atoms with Crippen molar-refractivity contribution in [3.05, 3.63) is 34.1 Å². The summed E-state index contributed by atoms with van der Waals surface area (Å²) in [4.78, 5) is 2.39. The lowest BCUT2D eigenvalue weighted by Gasteiger charge is -2.32. The van der Waals surface area contributed by atoms with Crippen molar-refractivity contribution in [2.24, 2.45) is 5.73 Å². The number of hydrogen-bond acceptors (Lipinski definition) is 3. The van der Waals surface area contributed by atoms with Gasteiger partial charge in [0.05, 0.1) is 6.10 Å². The first kappa shape index (κ1) is 15.9. The summed E-state index contributed by atoms with van der Waals surface area (Å²) >= 11 is 3.42. The number of nitrogens with zero attached hydrogens (tertiary/aromatic N) is 1. The SMILES string of the molecule is NCCCOC1CCN(Cc2ccc(F)cc2Br)CC1. The standard InChI is InChI=1S/C15H22BrFN2O/c16-15-10-13(17)3-2-12(15)11-19-7-4-14(5-8-19)20-9-1-6-18/h2-3,10,14H,1,4-9,11,18H2. The molecular formula is C15H22BrFN2O. The van der Waals surface area contributed by atoms with Gasteiger partial charge in [0.2, 0.25) is 0 Å². The van der Waals surface area contributed by atoms with Crippen LogP contribution >= 0.6 is 15.9 Å². The fourth-order valence-electron chi connectivity index (χ4n) is 2.46. The first-order valence-electron chi connectivity index (χ1n) is 7.17. The van der Waals surface area contributed by atoms with Crippen LogP contribution in [0, 0.1) is 5.82 Å². The van der Waals surface area contributed by atoms with Gasteiger partial charge in [-0.2, -0.15) is 0 Å². The number of benzene rings is 1. The molecule has 1 aliphatic rings. The third-order valence-electron chi connectivity index (χ3n) is 3.65. The average Bonchev–Trinajstić information content (AvgIpc) is 2.44. The second-order valence-corrected chi connectivity index (χ2v) is 6.08. The Labute approximate surface area is 128 Å². The van der Waals surface area contributed by atoms with E-state index in [0.29, 0.717) is 12.6 Å². The van der Waals surface area contributed by atoms with Gasteiger partial charge in [0, 0.05) is 30.7 Å². The van der Waals surface area contributed by atoms with Crippen molar-refractivity contribution in [2.75, 3.05) is 26.2 Å². The Balaban J connectivity index is 1.76. The largest absolute Gasteiger partial charge is 0.378 e. The van der Waals surface area contributed by atoms with Gasteiger partial charge < -0.3 is 10.5 Å². The van der Waals surface area contributed by atoms with E-state index in [9.17, 15) is 4.39 Å². The van der Waals surface area contributed by atoms with Crippen molar-refractivity contribution < 1.29 is 9.13 Å². The molecule has 1 aliphatic heterocycles. The van der Waals surface area contributed by atoms with Gasteiger partial charge in [-0.05, 0) is 43.5 Å². The van der Waals surface area contributed by atoms with Crippen molar-refractivity contribution in [3.63, 3.8) is 0 Å². The van der Waals surface area contributed by atoms with Gasteiger partial charge >= 0.3 is 0 Å². The lowest BCUT2D eigenvalue weighted by atomic mass is 10.1. The van der Waals surface area contributed by atoms with Crippen molar-refractivity contribution >= 4 is 15.9 Å². The monoisotopic (exact) mass is 344 g/mol. The smallest absolute Gasteiger partial charge is 0.124 e. The van der Waals surface area contributed by atoms with Crippen LogP contribution in [0.4, 0.5) is 4.39 Å². The number of rotatable bonds is 6. The molecule has 0 aromatic heterocycles. The normalized spacial score (nSPS) is 17.6. The first-order chi connectivity index (χ1) is 9.69. The molecule has 1 heterocycles. The van der Waals surface area contributed by atoms with E-state index in [4.69, 9.17) is 10.5 Å². The Morgan fingerprint density at radius 3 is 2.75 bits per heavy atom. The number of nitrogens with two attached hydrogens (primary N) is 1. The van der Waals surface area contributed by atoms with Crippen LogP contribution in [0.25, 0.3) is 0 Å². The Morgan fingerprint density at radius 1 is 1.35 bits per heavy atom. The molecule has 2 N–H and O–H groups in total. The maximum atomic E-state index is 13.1. The third kappa shape index (κ3) is 4.81. The Bertz CT molecular complexity index is 422. The van der Waals surface area contributed by atoms with Crippen molar-refractivity contribution in [1.82, 2.24) is 4.90 Å². The maximum absolute atomic E-state index is 13.1. The minimum Gasteiger partial charge on any atom is -0.378 e. The molecule has 2 rings (SSSR count). The van der Waals surface area contributed by atoms with Crippen molar-refractivity contribution in [3.8, 4) is 0 Å². The van der Waals surface area contributed by atoms with Gasteiger partial charge in [-0.3, -0.25) is 4.90 Å². The van der Waals surface area contributed by atoms with Gasteiger partial charge in [0.1, 0.15) is 5.82 Å². The number of likely N-dealkylation sites (tertiary alicyclic amines) is 1. The zero-order chi connectivity index (χ0) is 14.4. The van der Waals surface area contributed by atoms with Crippen molar-refractivity contribution in [2.45, 2.75) is 31.9 Å². The molecule has 5 heteroatoms. The molecule has 20 heavy (non-hydrogen) atoms. The fourth-order valence-corrected chi connectivity index (χ4v) is 2.93. The first-order valence-corrected chi connectivity index (χ1v) is 7.96. The summed E-state index contributed by atoms with van der Waals surface area (Å²) in [6, 6.07) is 4.89. The number of piperidine rings is 1. The molecule has 0 spiro atoms. The second-order valence-electron chi connectivity index (χ2n) is 5.22. The van der Waals surface area contributed by atoms with E-state index in [1.807, 2.05) is 6.07 Å². The van der Waals surface area contributed by atoms with Crippen LogP contribution in [-0.2, 0) is 11.3 Å². The summed E-state index contributed by atoms with van der Waals surface area (Å²) in [7, 11) is 0. The minimum absolute atomic E-state index is 0.201. The molecule has 1 saturated heterocycles. The van der Waals surface area contributed by atoms with Crippen LogP contribution in [0.15, 0.2) is 22.7 Å². The highest BCUT2D eigenvalue weighted by atomic mass is 79.9. The van der Waals surface area contributed by atoms with Crippen LogP contribution in [0.1, 0.15) is 24.8 Å². The summed E-state index contributed by atoms with van der Waals surface area (Å²) in [6.45, 7) is 4.37. The highest BCUT2D eigenvalue weighted by Crippen LogP contribution is 2.22. The topological polar surface area (TPSA) is 38.5 Å². The van der Waals surface area contributed by atoms with E-state index in [-0.39, 0.29) is 5.82 Å². The lowest BCUT2D eigenvalue weighted by Crippen LogP contribution is -2.36. The van der Waals surface area contributed by atoms with Crippen LogP contribution in [0.2, 0.25) is 0 Å². The molecule has 0 aliphatic carbocycles. The minimum atomic E-state index is -0.201. The van der Waals surface area contributed by atoms with Gasteiger partial charge in [-0.1, -0.05) is 22.0 Å². The summed E-state index contributed by atoms with van der Waals surface area (Å²) in [5.41, 5.74) is 6.59. The van der Waals surface area contributed by atoms with Crippen LogP contribution in [-0.4, -0.2) is 37.2 Å².